The molecule has 5 heteroatoms. The first kappa shape index (κ1) is 13.3. The Morgan fingerprint density at radius 3 is 2.18 bits per heavy atom. The first-order valence-electron chi connectivity index (χ1n) is 6.31. The van der Waals surface area contributed by atoms with Gasteiger partial charge in [-0.05, 0) is 36.0 Å². The van der Waals surface area contributed by atoms with Gasteiger partial charge in [0.1, 0.15) is 0 Å². The summed E-state index contributed by atoms with van der Waals surface area (Å²) in [5, 5.41) is 0. The molecule has 0 heterocycles. The van der Waals surface area contributed by atoms with E-state index >= 15 is 0 Å². The summed E-state index contributed by atoms with van der Waals surface area (Å²) in [6.45, 7) is 6.81. The zero-order valence-electron chi connectivity index (χ0n) is 11.4. The molecule has 0 aromatic rings. The van der Waals surface area contributed by atoms with Gasteiger partial charge in [-0.2, -0.15) is 17.4 Å². The van der Waals surface area contributed by atoms with Crippen LogP contribution in [0.2, 0.25) is 0 Å². The fourth-order valence-corrected chi connectivity index (χ4v) is 4.59. The van der Waals surface area contributed by atoms with Crippen molar-refractivity contribution < 1.29 is 8.42 Å². The highest BCUT2D eigenvalue weighted by atomic mass is 32.2. The van der Waals surface area contributed by atoms with Gasteiger partial charge in [0.2, 0.25) is 0 Å². The van der Waals surface area contributed by atoms with Gasteiger partial charge in [-0.3, -0.25) is 0 Å². The largest absolute Gasteiger partial charge is 0.279 e. The van der Waals surface area contributed by atoms with Gasteiger partial charge in [0.15, 0.2) is 0 Å². The van der Waals surface area contributed by atoms with Gasteiger partial charge >= 0.3 is 0 Å². The Kier molecular flexibility index (Phi) is 2.88. The van der Waals surface area contributed by atoms with Crippen molar-refractivity contribution in [3.8, 4) is 0 Å². The monoisotopic (exact) mass is 260 g/mol. The number of nitrogens with zero attached hydrogens (tertiary/aromatic N) is 1. The summed E-state index contributed by atoms with van der Waals surface area (Å²) in [6.07, 6.45) is 3.35. The predicted molar refractivity (Wildman–Crippen MR) is 68.8 cm³/mol. The van der Waals surface area contributed by atoms with E-state index in [0.29, 0.717) is 5.92 Å². The highest BCUT2D eigenvalue weighted by molar-refractivity contribution is 7.87. The molecule has 100 valence electrons. The molecule has 2 saturated carbocycles. The van der Waals surface area contributed by atoms with E-state index in [1.807, 2.05) is 0 Å². The second-order valence-corrected chi connectivity index (χ2v) is 8.48. The van der Waals surface area contributed by atoms with Crippen molar-refractivity contribution in [1.29, 1.82) is 0 Å². The number of hydrogen-bond acceptors (Lipinski definition) is 2. The molecule has 0 saturated heterocycles. The zero-order valence-corrected chi connectivity index (χ0v) is 12.3. The van der Waals surface area contributed by atoms with Crippen molar-refractivity contribution in [1.82, 2.24) is 9.03 Å². The minimum Gasteiger partial charge on any atom is -0.198 e. The summed E-state index contributed by atoms with van der Waals surface area (Å²) >= 11 is 0. The fraction of sp³-hybridized carbons (Fsp3) is 1.00. The maximum absolute atomic E-state index is 11.9. The van der Waals surface area contributed by atoms with Crippen LogP contribution in [0, 0.1) is 16.7 Å². The number of hydrogen-bond donors (Lipinski definition) is 1. The van der Waals surface area contributed by atoms with Gasteiger partial charge in [0.25, 0.3) is 10.2 Å². The highest BCUT2D eigenvalue weighted by Crippen LogP contribution is 2.65. The minimum atomic E-state index is -3.31. The van der Waals surface area contributed by atoms with Crippen LogP contribution in [-0.4, -0.2) is 32.9 Å². The van der Waals surface area contributed by atoms with Gasteiger partial charge in [-0.25, -0.2) is 0 Å². The smallest absolute Gasteiger partial charge is 0.198 e. The van der Waals surface area contributed by atoms with Gasteiger partial charge in [0.05, 0.1) is 0 Å². The van der Waals surface area contributed by atoms with Crippen LogP contribution in [0.5, 0.6) is 0 Å². The van der Waals surface area contributed by atoms with E-state index in [9.17, 15) is 8.42 Å². The lowest BCUT2D eigenvalue weighted by Gasteiger charge is -2.39. The molecule has 2 aliphatic rings. The molecular formula is C12H24N2O2S. The quantitative estimate of drug-likeness (QED) is 0.838. The lowest BCUT2D eigenvalue weighted by molar-refractivity contribution is 0.130. The molecule has 0 amide bonds. The summed E-state index contributed by atoms with van der Waals surface area (Å²) in [7, 11) is -0.164. The molecular weight excluding hydrogens is 236 g/mol. The lowest BCUT2D eigenvalue weighted by atomic mass is 9.69. The molecule has 0 aromatic heterocycles. The van der Waals surface area contributed by atoms with E-state index in [1.54, 1.807) is 14.1 Å². The molecule has 2 aliphatic carbocycles. The van der Waals surface area contributed by atoms with Gasteiger partial charge in [-0.1, -0.05) is 20.8 Å². The average Bonchev–Trinajstić information content (AvgIpc) is 2.49. The second-order valence-electron chi connectivity index (χ2n) is 6.57. The second kappa shape index (κ2) is 3.68. The Hall–Kier alpha value is -0.130. The van der Waals surface area contributed by atoms with Crippen molar-refractivity contribution >= 4 is 10.2 Å². The van der Waals surface area contributed by atoms with Crippen LogP contribution in [0.15, 0.2) is 0 Å². The van der Waals surface area contributed by atoms with E-state index in [-0.39, 0.29) is 16.9 Å². The molecule has 17 heavy (non-hydrogen) atoms. The van der Waals surface area contributed by atoms with Crippen molar-refractivity contribution in [2.24, 2.45) is 16.7 Å². The number of fused-ring (bicyclic) bond motifs is 2. The summed E-state index contributed by atoms with van der Waals surface area (Å²) in [5.74, 6) is 0.655. The molecule has 0 radical (unpaired) electrons. The predicted octanol–water partition coefficient (Wildman–Crippen LogP) is 1.60. The van der Waals surface area contributed by atoms with Crippen LogP contribution in [0.25, 0.3) is 0 Å². The third-order valence-electron chi connectivity index (χ3n) is 5.57. The zero-order chi connectivity index (χ0) is 13.1. The third kappa shape index (κ3) is 1.74. The van der Waals surface area contributed by atoms with Crippen LogP contribution in [0.4, 0.5) is 0 Å². The molecule has 0 aliphatic heterocycles. The third-order valence-corrected chi connectivity index (χ3v) is 7.11. The molecule has 3 unspecified atom stereocenters. The molecule has 0 aromatic carbocycles. The Balaban J connectivity index is 2.22. The van der Waals surface area contributed by atoms with E-state index in [0.717, 1.165) is 12.8 Å². The van der Waals surface area contributed by atoms with Gasteiger partial charge < -0.3 is 0 Å². The standard InChI is InChI=1S/C12H24N2O2S/c1-11(2)9-6-7-12(11,3)10(8-9)13-17(15,16)14(4)5/h9-10,13H,6-8H2,1-5H3. The van der Waals surface area contributed by atoms with Crippen LogP contribution >= 0.6 is 0 Å². The molecule has 0 spiro atoms. The van der Waals surface area contributed by atoms with Crippen molar-refractivity contribution in [3.05, 3.63) is 0 Å². The number of rotatable bonds is 3. The van der Waals surface area contributed by atoms with E-state index < -0.39 is 10.2 Å². The van der Waals surface area contributed by atoms with E-state index in [2.05, 4.69) is 25.5 Å². The Morgan fingerprint density at radius 1 is 1.24 bits per heavy atom. The molecule has 4 nitrogen and oxygen atoms in total. The molecule has 1 N–H and O–H groups in total. The van der Waals surface area contributed by atoms with Crippen LogP contribution in [0.1, 0.15) is 40.0 Å². The first-order chi connectivity index (χ1) is 7.61. The minimum absolute atomic E-state index is 0.0867. The van der Waals surface area contributed by atoms with Crippen molar-refractivity contribution in [2.75, 3.05) is 14.1 Å². The topological polar surface area (TPSA) is 49.4 Å². The summed E-state index contributed by atoms with van der Waals surface area (Å²) in [6, 6.07) is 0.0867. The molecule has 3 atom stereocenters. The number of nitrogens with one attached hydrogen (secondary N) is 1. The molecule has 2 bridgehead atoms. The fourth-order valence-electron chi connectivity index (χ4n) is 3.67. The van der Waals surface area contributed by atoms with Gasteiger partial charge in [0, 0.05) is 20.1 Å². The van der Waals surface area contributed by atoms with Gasteiger partial charge in [-0.15, -0.1) is 0 Å². The highest BCUT2D eigenvalue weighted by Gasteiger charge is 2.61. The lowest BCUT2D eigenvalue weighted by Crippen LogP contribution is -2.49. The van der Waals surface area contributed by atoms with E-state index in [4.69, 9.17) is 0 Å². The first-order valence-corrected chi connectivity index (χ1v) is 7.75. The van der Waals surface area contributed by atoms with Crippen molar-refractivity contribution in [3.63, 3.8) is 0 Å². The van der Waals surface area contributed by atoms with E-state index in [1.165, 1.54) is 10.7 Å². The van der Waals surface area contributed by atoms with Crippen molar-refractivity contribution in [2.45, 2.75) is 46.1 Å². The summed E-state index contributed by atoms with van der Waals surface area (Å²) < 4.78 is 28.0. The summed E-state index contributed by atoms with van der Waals surface area (Å²) in [5.41, 5.74) is 0.341. The maximum Gasteiger partial charge on any atom is 0.279 e. The Labute approximate surface area is 105 Å². The summed E-state index contributed by atoms with van der Waals surface area (Å²) in [4.78, 5) is 0. The van der Waals surface area contributed by atoms with Crippen LogP contribution in [0.3, 0.4) is 0 Å². The Morgan fingerprint density at radius 2 is 1.82 bits per heavy atom. The molecule has 2 rings (SSSR count). The average molecular weight is 260 g/mol. The van der Waals surface area contributed by atoms with Crippen LogP contribution < -0.4 is 4.72 Å². The molecule has 2 fully saturated rings. The normalized spacial score (nSPS) is 40.1. The Bertz CT molecular complexity index is 416. The SMILES string of the molecule is CN(C)S(=O)(=O)NC1CC2CCC1(C)C2(C)C. The van der Waals surface area contributed by atoms with Crippen LogP contribution in [-0.2, 0) is 10.2 Å². The maximum atomic E-state index is 11.9.